The predicted octanol–water partition coefficient (Wildman–Crippen LogP) is -0.0744. The van der Waals surface area contributed by atoms with E-state index in [2.05, 4.69) is 20.6 Å². The van der Waals surface area contributed by atoms with Crippen molar-refractivity contribution in [3.63, 3.8) is 0 Å². The van der Waals surface area contributed by atoms with E-state index in [1.165, 1.54) is 0 Å². The van der Waals surface area contributed by atoms with Crippen LogP contribution in [0.15, 0.2) is 23.0 Å². The van der Waals surface area contributed by atoms with Crippen LogP contribution >= 0.6 is 0 Å². The van der Waals surface area contributed by atoms with E-state index in [9.17, 15) is 9.59 Å². The molecule has 1 aromatic heterocycles. The number of ether oxygens (including phenoxy) is 1. The molecule has 0 radical (unpaired) electrons. The normalized spacial score (nSPS) is 28.1. The Morgan fingerprint density at radius 3 is 3.00 bits per heavy atom. The first-order valence-corrected chi connectivity index (χ1v) is 6.55. The summed E-state index contributed by atoms with van der Waals surface area (Å²) in [4.78, 5) is 29.2. The van der Waals surface area contributed by atoms with Gasteiger partial charge in [0.05, 0.1) is 29.4 Å². The molecule has 3 heterocycles. The third-order valence-corrected chi connectivity index (χ3v) is 4.04. The summed E-state index contributed by atoms with van der Waals surface area (Å²) in [6.07, 6.45) is 0.821. The van der Waals surface area contributed by atoms with E-state index >= 15 is 0 Å². The Morgan fingerprint density at radius 2 is 2.30 bits per heavy atom. The maximum Gasteiger partial charge on any atom is 0.323 e. The molecule has 2 unspecified atom stereocenters. The lowest BCUT2D eigenvalue weighted by Crippen LogP contribution is -2.54. The van der Waals surface area contributed by atoms with Gasteiger partial charge in [-0.3, -0.25) is 10.1 Å². The number of imidazole rings is 1. The molecule has 7 nitrogen and oxygen atoms in total. The molecule has 4 rings (SSSR count). The Morgan fingerprint density at radius 1 is 1.40 bits per heavy atom. The lowest BCUT2D eigenvalue weighted by atomic mass is 9.99. The summed E-state index contributed by atoms with van der Waals surface area (Å²) < 4.78 is 5.52. The molecule has 0 aliphatic carbocycles. The van der Waals surface area contributed by atoms with Crippen molar-refractivity contribution in [3.8, 4) is 0 Å². The van der Waals surface area contributed by atoms with E-state index < -0.39 is 5.54 Å². The van der Waals surface area contributed by atoms with Gasteiger partial charge >= 0.3 is 5.69 Å². The molecule has 2 aromatic rings. The smallest absolute Gasteiger partial charge is 0.323 e. The van der Waals surface area contributed by atoms with Crippen LogP contribution in [-0.2, 0) is 9.53 Å². The highest BCUT2D eigenvalue weighted by Crippen LogP contribution is 2.31. The summed E-state index contributed by atoms with van der Waals surface area (Å²) in [5.74, 6) is -0.118. The summed E-state index contributed by atoms with van der Waals surface area (Å²) in [5, 5.41) is 6.11. The quantitative estimate of drug-likeness (QED) is 0.616. The zero-order valence-electron chi connectivity index (χ0n) is 10.7. The highest BCUT2D eigenvalue weighted by molar-refractivity contribution is 6.04. The second-order valence-electron chi connectivity index (χ2n) is 5.36. The highest BCUT2D eigenvalue weighted by Gasteiger charge is 2.51. The SMILES string of the molecule is O=C(Nc1cccc2[nH]c(=O)[nH]c12)C12COC(CN1)C2. The third-order valence-electron chi connectivity index (χ3n) is 4.04. The Kier molecular flexibility index (Phi) is 2.30. The van der Waals surface area contributed by atoms with Crippen molar-refractivity contribution in [2.75, 3.05) is 18.5 Å². The largest absolute Gasteiger partial charge is 0.374 e. The molecule has 104 valence electrons. The highest BCUT2D eigenvalue weighted by atomic mass is 16.5. The van der Waals surface area contributed by atoms with Crippen LogP contribution in [0.3, 0.4) is 0 Å². The average molecular weight is 274 g/mol. The van der Waals surface area contributed by atoms with E-state index in [4.69, 9.17) is 4.74 Å². The van der Waals surface area contributed by atoms with Gasteiger partial charge in [-0.15, -0.1) is 0 Å². The van der Waals surface area contributed by atoms with Crippen LogP contribution in [0.25, 0.3) is 11.0 Å². The van der Waals surface area contributed by atoms with Crippen molar-refractivity contribution in [2.45, 2.75) is 18.1 Å². The van der Waals surface area contributed by atoms with Crippen molar-refractivity contribution >= 4 is 22.6 Å². The molecule has 0 saturated carbocycles. The van der Waals surface area contributed by atoms with Crippen LogP contribution < -0.4 is 16.3 Å². The van der Waals surface area contributed by atoms with Crippen LogP contribution in [0.1, 0.15) is 6.42 Å². The van der Waals surface area contributed by atoms with Gasteiger partial charge in [-0.25, -0.2) is 4.79 Å². The zero-order valence-corrected chi connectivity index (χ0v) is 10.7. The molecule has 2 aliphatic heterocycles. The summed E-state index contributed by atoms with van der Waals surface area (Å²) in [6.45, 7) is 1.10. The summed E-state index contributed by atoms with van der Waals surface area (Å²) in [7, 11) is 0. The third kappa shape index (κ3) is 1.60. The van der Waals surface area contributed by atoms with Crippen LogP contribution in [0.5, 0.6) is 0 Å². The second kappa shape index (κ2) is 3.94. The molecule has 0 spiro atoms. The predicted molar refractivity (Wildman–Crippen MR) is 72.6 cm³/mol. The number of fused-ring (bicyclic) bond motifs is 3. The van der Waals surface area contributed by atoms with Gasteiger partial charge < -0.3 is 20.0 Å². The fourth-order valence-electron chi connectivity index (χ4n) is 2.97. The zero-order chi connectivity index (χ0) is 13.7. The van der Waals surface area contributed by atoms with E-state index in [0.29, 0.717) is 36.3 Å². The number of hydrogen-bond acceptors (Lipinski definition) is 4. The van der Waals surface area contributed by atoms with Gasteiger partial charge in [0.25, 0.3) is 0 Å². The molecule has 20 heavy (non-hydrogen) atoms. The average Bonchev–Trinajstić information content (AvgIpc) is 3.12. The number of amides is 1. The van der Waals surface area contributed by atoms with E-state index in [0.717, 1.165) is 0 Å². The first kappa shape index (κ1) is 11.7. The summed E-state index contributed by atoms with van der Waals surface area (Å²) in [5.41, 5.74) is 0.949. The van der Waals surface area contributed by atoms with Crippen molar-refractivity contribution < 1.29 is 9.53 Å². The maximum absolute atomic E-state index is 12.5. The second-order valence-corrected chi connectivity index (χ2v) is 5.36. The van der Waals surface area contributed by atoms with Gasteiger partial charge in [0.1, 0.15) is 5.54 Å². The molecule has 2 fully saturated rings. The Labute approximate surface area is 113 Å². The number of H-pyrrole nitrogens is 2. The molecule has 2 aliphatic rings. The van der Waals surface area contributed by atoms with E-state index in [1.807, 2.05) is 0 Å². The molecular formula is C13H14N4O3. The van der Waals surface area contributed by atoms with Crippen LogP contribution in [-0.4, -0.2) is 40.7 Å². The Balaban J connectivity index is 1.67. The first-order chi connectivity index (χ1) is 9.66. The van der Waals surface area contributed by atoms with Gasteiger partial charge in [-0.2, -0.15) is 0 Å². The lowest BCUT2D eigenvalue weighted by Gasteiger charge is -2.25. The number of anilines is 1. The molecule has 1 amide bonds. The van der Waals surface area contributed by atoms with E-state index in [1.54, 1.807) is 18.2 Å². The number of morpholine rings is 1. The van der Waals surface area contributed by atoms with E-state index in [-0.39, 0.29) is 17.7 Å². The maximum atomic E-state index is 12.5. The Hall–Kier alpha value is -2.12. The summed E-state index contributed by atoms with van der Waals surface area (Å²) >= 11 is 0. The summed E-state index contributed by atoms with van der Waals surface area (Å²) in [6, 6.07) is 5.34. The fourth-order valence-corrected chi connectivity index (χ4v) is 2.97. The molecule has 7 heteroatoms. The number of carbonyl (C=O) groups excluding carboxylic acids is 1. The number of aromatic nitrogens is 2. The van der Waals surface area contributed by atoms with Crippen LogP contribution in [0.4, 0.5) is 5.69 Å². The topological polar surface area (TPSA) is 99.0 Å². The van der Waals surface area contributed by atoms with Gasteiger partial charge in [0, 0.05) is 13.0 Å². The van der Waals surface area contributed by atoms with Crippen molar-refractivity contribution in [2.24, 2.45) is 0 Å². The van der Waals surface area contributed by atoms with Crippen molar-refractivity contribution in [3.05, 3.63) is 28.7 Å². The molecule has 1 aromatic carbocycles. The molecule has 4 N–H and O–H groups in total. The van der Waals surface area contributed by atoms with Gasteiger partial charge in [-0.1, -0.05) is 6.07 Å². The van der Waals surface area contributed by atoms with Crippen molar-refractivity contribution in [1.29, 1.82) is 0 Å². The minimum Gasteiger partial charge on any atom is -0.374 e. The first-order valence-electron chi connectivity index (χ1n) is 6.55. The number of hydrogen-bond donors (Lipinski definition) is 4. The number of rotatable bonds is 2. The molecule has 2 saturated heterocycles. The standard InChI is InChI=1S/C13H14N4O3/c18-11(13-4-7(5-14-13)20-6-13)15-8-2-1-3-9-10(8)17-12(19)16-9/h1-3,7,14H,4-6H2,(H,15,18)(H2,16,17,19). The van der Waals surface area contributed by atoms with Gasteiger partial charge in [0.15, 0.2) is 0 Å². The number of benzene rings is 1. The van der Waals surface area contributed by atoms with Crippen LogP contribution in [0.2, 0.25) is 0 Å². The van der Waals surface area contributed by atoms with Gasteiger partial charge in [-0.05, 0) is 12.1 Å². The number of aromatic amines is 2. The molecule has 2 atom stereocenters. The van der Waals surface area contributed by atoms with Crippen molar-refractivity contribution in [1.82, 2.24) is 15.3 Å². The van der Waals surface area contributed by atoms with Crippen LogP contribution in [0, 0.1) is 0 Å². The monoisotopic (exact) mass is 274 g/mol. The Bertz CT molecular complexity index is 739. The number of carbonyl (C=O) groups is 1. The van der Waals surface area contributed by atoms with Gasteiger partial charge in [0.2, 0.25) is 5.91 Å². The number of nitrogens with one attached hydrogen (secondary N) is 4. The lowest BCUT2D eigenvalue weighted by molar-refractivity contribution is -0.122. The fraction of sp³-hybridized carbons (Fsp3) is 0.385. The minimum absolute atomic E-state index is 0.118. The molecule has 2 bridgehead atoms. The number of para-hydroxylation sites is 1. The minimum atomic E-state index is -0.635. The molecular weight excluding hydrogens is 260 g/mol.